The minimum absolute atomic E-state index is 0.118. The first-order valence-electron chi connectivity index (χ1n) is 12.0. The summed E-state index contributed by atoms with van der Waals surface area (Å²) in [6.45, 7) is 4.34. The van der Waals surface area contributed by atoms with Gasteiger partial charge >= 0.3 is 6.18 Å². The van der Waals surface area contributed by atoms with Crippen LogP contribution < -0.4 is 15.0 Å². The number of hydrogen-bond acceptors (Lipinski definition) is 8. The lowest BCUT2D eigenvalue weighted by molar-refractivity contribution is -0.145. The van der Waals surface area contributed by atoms with Crippen molar-refractivity contribution in [3.8, 4) is 16.3 Å². The van der Waals surface area contributed by atoms with Crippen LogP contribution in [0.25, 0.3) is 10.6 Å². The number of alkyl halides is 3. The van der Waals surface area contributed by atoms with Gasteiger partial charge in [0, 0.05) is 41.2 Å². The molecule has 2 aliphatic heterocycles. The van der Waals surface area contributed by atoms with Gasteiger partial charge in [0.1, 0.15) is 5.01 Å². The zero-order valence-corrected chi connectivity index (χ0v) is 21.4. The molecule has 1 fully saturated rings. The average Bonchev–Trinajstić information content (AvgIpc) is 3.56. The maximum Gasteiger partial charge on any atom is 0.451 e. The number of ether oxygens (including phenoxy) is 2. The molecule has 5 rings (SSSR count). The molecule has 1 N–H and O–H groups in total. The largest absolute Gasteiger partial charge is 0.481 e. The molecule has 0 saturated carbocycles. The van der Waals surface area contributed by atoms with Crippen LogP contribution in [-0.2, 0) is 15.7 Å². The van der Waals surface area contributed by atoms with Crippen molar-refractivity contribution in [1.82, 2.24) is 20.3 Å². The molecular formula is C25H24F3N5O4S. The minimum atomic E-state index is -4.66. The second-order valence-electron chi connectivity index (χ2n) is 9.11. The van der Waals surface area contributed by atoms with Gasteiger partial charge in [0.2, 0.25) is 5.82 Å². The van der Waals surface area contributed by atoms with E-state index in [-0.39, 0.29) is 24.2 Å². The van der Waals surface area contributed by atoms with Crippen LogP contribution in [0.4, 0.5) is 18.9 Å². The first-order chi connectivity index (χ1) is 18.1. The number of aryl methyl sites for hydroxylation is 1. The number of rotatable bonds is 6. The fourth-order valence-electron chi connectivity index (χ4n) is 4.34. The van der Waals surface area contributed by atoms with Crippen LogP contribution in [0.2, 0.25) is 0 Å². The molecular weight excluding hydrogens is 523 g/mol. The quantitative estimate of drug-likeness (QED) is 0.490. The van der Waals surface area contributed by atoms with Crippen molar-refractivity contribution < 1.29 is 32.2 Å². The molecule has 2 aromatic heterocycles. The molecule has 3 aromatic rings. The van der Waals surface area contributed by atoms with Crippen LogP contribution in [-0.4, -0.2) is 52.6 Å². The average molecular weight is 548 g/mol. The van der Waals surface area contributed by atoms with Crippen molar-refractivity contribution in [2.24, 2.45) is 0 Å². The molecule has 200 valence electrons. The zero-order chi connectivity index (χ0) is 27.0. The Morgan fingerprint density at radius 3 is 2.63 bits per heavy atom. The second kappa shape index (κ2) is 10.3. The molecule has 4 heterocycles. The lowest BCUT2D eigenvalue weighted by atomic mass is 10.0. The Labute approximate surface area is 220 Å². The summed E-state index contributed by atoms with van der Waals surface area (Å²) in [7, 11) is 0. The smallest absolute Gasteiger partial charge is 0.451 e. The molecule has 2 amide bonds. The van der Waals surface area contributed by atoms with Crippen molar-refractivity contribution in [2.75, 3.05) is 24.7 Å². The molecule has 0 radical (unpaired) electrons. The Morgan fingerprint density at radius 2 is 2.00 bits per heavy atom. The SMILES string of the molecule is Cc1cnc(-c2cc(C(=O)N[C@H](C)c3cnc(C(F)(F)F)nc3)cc3c2OCC(=O)N3CC2CCCO2)s1. The number of nitrogens with zero attached hydrogens (tertiary/aromatic N) is 4. The number of thiazole rings is 1. The van der Waals surface area contributed by atoms with E-state index in [9.17, 15) is 22.8 Å². The van der Waals surface area contributed by atoms with Crippen LogP contribution in [0.5, 0.6) is 5.75 Å². The highest BCUT2D eigenvalue weighted by molar-refractivity contribution is 7.15. The third-order valence-electron chi connectivity index (χ3n) is 6.30. The van der Waals surface area contributed by atoms with Crippen LogP contribution in [0.15, 0.2) is 30.7 Å². The molecule has 2 atom stereocenters. The fourth-order valence-corrected chi connectivity index (χ4v) is 5.12. The molecule has 1 unspecified atom stereocenters. The zero-order valence-electron chi connectivity index (χ0n) is 20.5. The normalized spacial score (nSPS) is 18.2. The standard InChI is InChI=1S/C25H24F3N5O4S/c1-13-8-29-23(38-13)18-6-15(22(35)32-14(2)16-9-30-24(31-10-16)25(26,27)28)7-19-21(18)37-12-20(34)33(19)11-17-4-3-5-36-17/h6-10,14,17H,3-5,11-12H2,1-2H3,(H,32,35)/t14-,17?/m1/s1. The van der Waals surface area contributed by atoms with Crippen molar-refractivity contribution in [3.05, 3.63) is 52.6 Å². The van der Waals surface area contributed by atoms with Crippen molar-refractivity contribution in [3.63, 3.8) is 0 Å². The lowest BCUT2D eigenvalue weighted by Crippen LogP contribution is -2.43. The van der Waals surface area contributed by atoms with E-state index in [0.717, 1.165) is 30.1 Å². The highest BCUT2D eigenvalue weighted by Gasteiger charge is 2.35. The van der Waals surface area contributed by atoms with Crippen LogP contribution in [0.3, 0.4) is 0 Å². The molecule has 13 heteroatoms. The van der Waals surface area contributed by atoms with Gasteiger partial charge in [-0.2, -0.15) is 13.2 Å². The number of amides is 2. The molecule has 9 nitrogen and oxygen atoms in total. The number of nitrogens with one attached hydrogen (secondary N) is 1. The summed E-state index contributed by atoms with van der Waals surface area (Å²) in [5.74, 6) is -1.54. The predicted octanol–water partition coefficient (Wildman–Crippen LogP) is 4.32. The summed E-state index contributed by atoms with van der Waals surface area (Å²) in [6.07, 6.45) is 0.740. The van der Waals surface area contributed by atoms with E-state index in [1.54, 1.807) is 30.2 Å². The third-order valence-corrected chi connectivity index (χ3v) is 7.24. The van der Waals surface area contributed by atoms with E-state index in [2.05, 4.69) is 20.3 Å². The van der Waals surface area contributed by atoms with Gasteiger partial charge in [-0.1, -0.05) is 0 Å². The van der Waals surface area contributed by atoms with E-state index in [1.807, 2.05) is 6.92 Å². The first-order valence-corrected chi connectivity index (χ1v) is 12.8. The maximum atomic E-state index is 13.3. The first kappa shape index (κ1) is 26.0. The summed E-state index contributed by atoms with van der Waals surface area (Å²) in [5.41, 5.74) is 1.56. The van der Waals surface area contributed by atoms with Crippen molar-refractivity contribution in [1.29, 1.82) is 0 Å². The van der Waals surface area contributed by atoms with E-state index < -0.39 is 23.9 Å². The minimum Gasteiger partial charge on any atom is -0.481 e. The highest BCUT2D eigenvalue weighted by atomic mass is 32.1. The van der Waals surface area contributed by atoms with Gasteiger partial charge in [-0.15, -0.1) is 11.3 Å². The Bertz CT molecular complexity index is 1360. The van der Waals surface area contributed by atoms with Crippen LogP contribution >= 0.6 is 11.3 Å². The summed E-state index contributed by atoms with van der Waals surface area (Å²) in [5, 5.41) is 3.40. The second-order valence-corrected chi connectivity index (χ2v) is 10.3. The summed E-state index contributed by atoms with van der Waals surface area (Å²) >= 11 is 1.42. The number of halogens is 3. The number of carbonyl (C=O) groups excluding carboxylic acids is 2. The summed E-state index contributed by atoms with van der Waals surface area (Å²) < 4.78 is 50.0. The Hall–Kier alpha value is -3.58. The number of fused-ring (bicyclic) bond motifs is 1. The topological polar surface area (TPSA) is 107 Å². The van der Waals surface area contributed by atoms with Gasteiger partial charge < -0.3 is 19.7 Å². The van der Waals surface area contributed by atoms with Crippen molar-refractivity contribution >= 4 is 28.8 Å². The van der Waals surface area contributed by atoms with Crippen LogP contribution in [0.1, 0.15) is 52.4 Å². The van der Waals surface area contributed by atoms with E-state index in [1.165, 1.54) is 11.3 Å². The van der Waals surface area contributed by atoms with E-state index >= 15 is 0 Å². The van der Waals surface area contributed by atoms with Gasteiger partial charge in [-0.25, -0.2) is 15.0 Å². The van der Waals surface area contributed by atoms with E-state index in [0.29, 0.717) is 40.7 Å². The summed E-state index contributed by atoms with van der Waals surface area (Å²) in [4.78, 5) is 39.9. The molecule has 0 spiro atoms. The Balaban J connectivity index is 1.48. The highest BCUT2D eigenvalue weighted by Crippen LogP contribution is 2.43. The maximum absolute atomic E-state index is 13.3. The van der Waals surface area contributed by atoms with E-state index in [4.69, 9.17) is 9.47 Å². The molecule has 1 saturated heterocycles. The summed E-state index contributed by atoms with van der Waals surface area (Å²) in [6, 6.07) is 2.53. The van der Waals surface area contributed by atoms with Gasteiger partial charge in [0.25, 0.3) is 11.8 Å². The van der Waals surface area contributed by atoms with Gasteiger partial charge in [0.15, 0.2) is 12.4 Å². The number of anilines is 1. The molecule has 1 aromatic carbocycles. The molecule has 2 aliphatic rings. The monoisotopic (exact) mass is 547 g/mol. The van der Waals surface area contributed by atoms with Gasteiger partial charge in [-0.05, 0) is 38.8 Å². The molecule has 38 heavy (non-hydrogen) atoms. The molecule has 0 aliphatic carbocycles. The number of hydrogen-bond donors (Lipinski definition) is 1. The lowest BCUT2D eigenvalue weighted by Gasteiger charge is -2.32. The van der Waals surface area contributed by atoms with Crippen molar-refractivity contribution in [2.45, 2.75) is 45.0 Å². The fraction of sp³-hybridized carbons (Fsp3) is 0.400. The van der Waals surface area contributed by atoms with Crippen LogP contribution in [0, 0.1) is 6.92 Å². The number of carbonyl (C=O) groups is 2. The predicted molar refractivity (Wildman–Crippen MR) is 132 cm³/mol. The van der Waals surface area contributed by atoms with Gasteiger partial charge in [0.05, 0.1) is 29.9 Å². The Kier molecular flexibility index (Phi) is 7.05. The number of aromatic nitrogens is 3. The number of benzene rings is 1. The molecule has 0 bridgehead atoms. The Morgan fingerprint density at radius 1 is 1.24 bits per heavy atom. The van der Waals surface area contributed by atoms with Gasteiger partial charge in [-0.3, -0.25) is 9.59 Å². The third kappa shape index (κ3) is 5.34.